The summed E-state index contributed by atoms with van der Waals surface area (Å²) in [6.45, 7) is 3.58. The standard InChI is InChI=1S/C19H16O4/c1-2-12-22-17(20)19(13-14-8-4-3-5-9-14)15-10-6-7-11-16(15)23-18(19)21/h2-11H,1,12-13H2/t19-/m0/s1. The molecule has 0 saturated carbocycles. The maximum atomic E-state index is 12.7. The van der Waals surface area contributed by atoms with Crippen molar-refractivity contribution >= 4 is 11.9 Å². The second kappa shape index (κ2) is 6.08. The van der Waals surface area contributed by atoms with Crippen LogP contribution in [0.5, 0.6) is 5.75 Å². The van der Waals surface area contributed by atoms with Gasteiger partial charge in [0.1, 0.15) is 12.4 Å². The van der Waals surface area contributed by atoms with Crippen molar-refractivity contribution in [2.24, 2.45) is 0 Å². The highest BCUT2D eigenvalue weighted by molar-refractivity contribution is 6.10. The summed E-state index contributed by atoms with van der Waals surface area (Å²) in [7, 11) is 0. The zero-order valence-electron chi connectivity index (χ0n) is 12.5. The quantitative estimate of drug-likeness (QED) is 0.369. The molecule has 1 aliphatic rings. The van der Waals surface area contributed by atoms with Crippen molar-refractivity contribution in [3.8, 4) is 5.75 Å². The van der Waals surface area contributed by atoms with Crippen LogP contribution in [0.15, 0.2) is 67.3 Å². The van der Waals surface area contributed by atoms with Gasteiger partial charge in [0.25, 0.3) is 0 Å². The number of rotatable bonds is 5. The van der Waals surface area contributed by atoms with E-state index in [4.69, 9.17) is 9.47 Å². The zero-order chi connectivity index (χ0) is 16.3. The smallest absolute Gasteiger partial charge is 0.333 e. The second-order valence-corrected chi connectivity index (χ2v) is 5.34. The average molecular weight is 308 g/mol. The first-order chi connectivity index (χ1) is 11.2. The Bertz CT molecular complexity index is 751. The molecule has 23 heavy (non-hydrogen) atoms. The van der Waals surface area contributed by atoms with Gasteiger partial charge in [0.2, 0.25) is 0 Å². The van der Waals surface area contributed by atoms with Crippen molar-refractivity contribution in [1.29, 1.82) is 0 Å². The molecule has 0 N–H and O–H groups in total. The molecule has 0 spiro atoms. The molecule has 3 rings (SSSR count). The van der Waals surface area contributed by atoms with Gasteiger partial charge in [-0.05, 0) is 11.6 Å². The summed E-state index contributed by atoms with van der Waals surface area (Å²) >= 11 is 0. The van der Waals surface area contributed by atoms with E-state index in [9.17, 15) is 9.59 Å². The number of esters is 2. The zero-order valence-corrected chi connectivity index (χ0v) is 12.5. The molecule has 0 bridgehead atoms. The van der Waals surface area contributed by atoms with E-state index >= 15 is 0 Å². The molecule has 1 heterocycles. The van der Waals surface area contributed by atoms with Gasteiger partial charge in [0.05, 0.1) is 0 Å². The highest BCUT2D eigenvalue weighted by atomic mass is 16.6. The molecular weight excluding hydrogens is 292 g/mol. The van der Waals surface area contributed by atoms with Crippen LogP contribution < -0.4 is 4.74 Å². The van der Waals surface area contributed by atoms with E-state index in [0.717, 1.165) is 5.56 Å². The topological polar surface area (TPSA) is 52.6 Å². The number of para-hydroxylation sites is 1. The van der Waals surface area contributed by atoms with E-state index < -0.39 is 17.4 Å². The molecule has 2 aromatic carbocycles. The minimum absolute atomic E-state index is 0.0464. The Balaban J connectivity index is 2.09. The van der Waals surface area contributed by atoms with E-state index in [0.29, 0.717) is 11.3 Å². The highest BCUT2D eigenvalue weighted by Gasteiger charge is 2.56. The Hall–Kier alpha value is -2.88. The fourth-order valence-corrected chi connectivity index (χ4v) is 2.80. The molecule has 0 fully saturated rings. The third-order valence-corrected chi connectivity index (χ3v) is 3.89. The third-order valence-electron chi connectivity index (χ3n) is 3.89. The van der Waals surface area contributed by atoms with Crippen molar-refractivity contribution in [1.82, 2.24) is 0 Å². The Morgan fingerprint density at radius 3 is 2.57 bits per heavy atom. The molecule has 1 aliphatic heterocycles. The van der Waals surface area contributed by atoms with E-state index in [1.807, 2.05) is 30.3 Å². The molecule has 4 nitrogen and oxygen atoms in total. The first kappa shape index (κ1) is 15.0. The van der Waals surface area contributed by atoms with E-state index in [1.165, 1.54) is 6.08 Å². The number of hydrogen-bond donors (Lipinski definition) is 0. The lowest BCUT2D eigenvalue weighted by Gasteiger charge is -2.23. The van der Waals surface area contributed by atoms with Crippen LogP contribution in [0.25, 0.3) is 0 Å². The summed E-state index contributed by atoms with van der Waals surface area (Å²) in [6.07, 6.45) is 1.67. The number of fused-ring (bicyclic) bond motifs is 1. The number of ether oxygens (including phenoxy) is 2. The van der Waals surface area contributed by atoms with Crippen molar-refractivity contribution in [3.63, 3.8) is 0 Å². The summed E-state index contributed by atoms with van der Waals surface area (Å²) < 4.78 is 10.6. The van der Waals surface area contributed by atoms with Gasteiger partial charge in [-0.2, -0.15) is 0 Å². The fraction of sp³-hybridized carbons (Fsp3) is 0.158. The Labute approximate surface area is 134 Å². The lowest BCUT2D eigenvalue weighted by atomic mass is 9.76. The molecule has 0 radical (unpaired) electrons. The molecule has 0 saturated heterocycles. The summed E-state index contributed by atoms with van der Waals surface area (Å²) in [5.74, 6) is -0.809. The van der Waals surface area contributed by atoms with E-state index in [1.54, 1.807) is 24.3 Å². The molecular formula is C19H16O4. The van der Waals surface area contributed by atoms with Crippen LogP contribution in [-0.4, -0.2) is 18.5 Å². The van der Waals surface area contributed by atoms with Crippen molar-refractivity contribution < 1.29 is 19.1 Å². The summed E-state index contributed by atoms with van der Waals surface area (Å²) in [5, 5.41) is 0. The molecule has 0 amide bonds. The molecule has 0 aliphatic carbocycles. The third kappa shape index (κ3) is 2.52. The summed E-state index contributed by atoms with van der Waals surface area (Å²) in [4.78, 5) is 25.3. The predicted octanol–water partition coefficient (Wildman–Crippen LogP) is 2.82. The second-order valence-electron chi connectivity index (χ2n) is 5.34. The summed E-state index contributed by atoms with van der Waals surface area (Å²) in [6, 6.07) is 16.3. The van der Waals surface area contributed by atoms with Crippen LogP contribution in [-0.2, 0) is 26.2 Å². The van der Waals surface area contributed by atoms with Gasteiger partial charge in [-0.1, -0.05) is 61.2 Å². The highest BCUT2D eigenvalue weighted by Crippen LogP contribution is 2.43. The maximum Gasteiger partial charge on any atom is 0.333 e. The number of benzene rings is 2. The van der Waals surface area contributed by atoms with Gasteiger partial charge in [-0.15, -0.1) is 0 Å². The van der Waals surface area contributed by atoms with Crippen molar-refractivity contribution in [2.75, 3.05) is 6.61 Å². The largest absolute Gasteiger partial charge is 0.460 e. The van der Waals surface area contributed by atoms with Gasteiger partial charge in [-0.3, -0.25) is 9.59 Å². The Morgan fingerprint density at radius 1 is 1.13 bits per heavy atom. The van der Waals surface area contributed by atoms with E-state index in [-0.39, 0.29) is 13.0 Å². The van der Waals surface area contributed by atoms with Crippen molar-refractivity contribution in [2.45, 2.75) is 11.8 Å². The van der Waals surface area contributed by atoms with Crippen LogP contribution in [0.1, 0.15) is 11.1 Å². The lowest BCUT2D eigenvalue weighted by molar-refractivity contribution is -0.157. The van der Waals surface area contributed by atoms with Gasteiger partial charge < -0.3 is 9.47 Å². The van der Waals surface area contributed by atoms with E-state index in [2.05, 4.69) is 6.58 Å². The molecule has 2 aromatic rings. The first-order valence-corrected chi connectivity index (χ1v) is 7.32. The molecule has 0 unspecified atom stereocenters. The Morgan fingerprint density at radius 2 is 1.83 bits per heavy atom. The number of carbonyl (C=O) groups is 2. The average Bonchev–Trinajstić information content (AvgIpc) is 2.86. The fourth-order valence-electron chi connectivity index (χ4n) is 2.80. The lowest BCUT2D eigenvalue weighted by Crippen LogP contribution is -2.45. The minimum atomic E-state index is -1.47. The Kier molecular flexibility index (Phi) is 3.98. The van der Waals surface area contributed by atoms with Crippen LogP contribution in [0.4, 0.5) is 0 Å². The number of hydrogen-bond acceptors (Lipinski definition) is 4. The van der Waals surface area contributed by atoms with Gasteiger partial charge in [0.15, 0.2) is 5.41 Å². The molecule has 4 heteroatoms. The normalized spacial score (nSPS) is 18.9. The van der Waals surface area contributed by atoms with Crippen LogP contribution >= 0.6 is 0 Å². The van der Waals surface area contributed by atoms with Crippen molar-refractivity contribution in [3.05, 3.63) is 78.4 Å². The minimum Gasteiger partial charge on any atom is -0.460 e. The van der Waals surface area contributed by atoms with Crippen LogP contribution in [0.2, 0.25) is 0 Å². The molecule has 1 atom stereocenters. The molecule has 116 valence electrons. The predicted molar refractivity (Wildman–Crippen MR) is 85.1 cm³/mol. The first-order valence-electron chi connectivity index (χ1n) is 7.32. The van der Waals surface area contributed by atoms with Gasteiger partial charge in [0, 0.05) is 12.0 Å². The van der Waals surface area contributed by atoms with Gasteiger partial charge in [-0.25, -0.2) is 0 Å². The molecule has 0 aromatic heterocycles. The maximum absolute atomic E-state index is 12.7. The summed E-state index contributed by atoms with van der Waals surface area (Å²) in [5.41, 5.74) is -0.0688. The van der Waals surface area contributed by atoms with Crippen LogP contribution in [0, 0.1) is 0 Å². The van der Waals surface area contributed by atoms with Gasteiger partial charge >= 0.3 is 11.9 Å². The SMILES string of the molecule is C=CCOC(=O)[C@@]1(Cc2ccccc2)C(=O)Oc2ccccc21. The monoisotopic (exact) mass is 308 g/mol. The number of carbonyl (C=O) groups excluding carboxylic acids is 2. The van der Waals surface area contributed by atoms with Crippen LogP contribution in [0.3, 0.4) is 0 Å².